The topological polar surface area (TPSA) is 17.1 Å². The highest BCUT2D eigenvalue weighted by atomic mass is 16.1. The molecule has 0 aliphatic heterocycles. The van der Waals surface area contributed by atoms with Gasteiger partial charge in [-0.25, -0.2) is 0 Å². The number of hydrogen-bond donors (Lipinski definition) is 0. The van der Waals surface area contributed by atoms with Gasteiger partial charge in [-0.2, -0.15) is 0 Å². The van der Waals surface area contributed by atoms with Crippen LogP contribution in [0.3, 0.4) is 0 Å². The van der Waals surface area contributed by atoms with E-state index < -0.39 is 0 Å². The maximum Gasteiger partial charge on any atom is 0.151 e. The Morgan fingerprint density at radius 2 is 1.11 bits per heavy atom. The molecule has 0 aliphatic rings. The van der Waals surface area contributed by atoms with Crippen LogP contribution in [0.25, 0.3) is 27.6 Å². The fourth-order valence-corrected chi connectivity index (χ4v) is 2.54. The summed E-state index contributed by atoms with van der Waals surface area (Å²) < 4.78 is 0. The minimum atomic E-state index is 0.756. The lowest BCUT2D eigenvalue weighted by Crippen LogP contribution is -1.90. The van der Waals surface area contributed by atoms with Crippen LogP contribution in [0.1, 0.15) is 15.9 Å². The van der Waals surface area contributed by atoms with Gasteiger partial charge in [0, 0.05) is 5.56 Å². The molecular formula is C17H12O. The number of rotatable bonds is 2. The lowest BCUT2D eigenvalue weighted by molar-refractivity contribution is 0.112. The zero-order valence-corrected chi connectivity index (χ0v) is 9.89. The number of benzene rings is 3. The van der Waals surface area contributed by atoms with Crippen LogP contribution in [-0.2, 0) is 0 Å². The summed E-state index contributed by atoms with van der Waals surface area (Å²) in [6.45, 7) is 3.90. The second-order valence-electron chi connectivity index (χ2n) is 4.24. The molecule has 3 rings (SSSR count). The monoisotopic (exact) mass is 232 g/mol. The molecule has 18 heavy (non-hydrogen) atoms. The molecule has 0 aromatic heterocycles. The summed E-state index contributed by atoms with van der Waals surface area (Å²) >= 11 is 0. The van der Waals surface area contributed by atoms with Gasteiger partial charge in [-0.15, -0.1) is 0 Å². The van der Waals surface area contributed by atoms with E-state index in [1.54, 1.807) is 0 Å². The summed E-state index contributed by atoms with van der Waals surface area (Å²) in [5.41, 5.74) is 1.85. The molecular weight excluding hydrogens is 220 g/mol. The van der Waals surface area contributed by atoms with Crippen molar-refractivity contribution in [3.05, 3.63) is 66.2 Å². The van der Waals surface area contributed by atoms with Crippen molar-refractivity contribution in [2.75, 3.05) is 0 Å². The minimum Gasteiger partial charge on any atom is -0.298 e. The van der Waals surface area contributed by atoms with Gasteiger partial charge in [0.25, 0.3) is 0 Å². The molecule has 1 heteroatoms. The molecule has 0 aliphatic carbocycles. The number of aldehydes is 1. The van der Waals surface area contributed by atoms with E-state index in [0.29, 0.717) is 0 Å². The molecule has 0 N–H and O–H groups in total. The smallest absolute Gasteiger partial charge is 0.151 e. The second-order valence-corrected chi connectivity index (χ2v) is 4.24. The molecule has 86 valence electrons. The van der Waals surface area contributed by atoms with Crippen molar-refractivity contribution in [3.8, 4) is 0 Å². The van der Waals surface area contributed by atoms with Gasteiger partial charge in [0.05, 0.1) is 0 Å². The Morgan fingerprint density at radius 1 is 0.722 bits per heavy atom. The highest BCUT2D eigenvalue weighted by molar-refractivity contribution is 6.16. The first kappa shape index (κ1) is 10.7. The Morgan fingerprint density at radius 3 is 1.44 bits per heavy atom. The lowest BCUT2D eigenvalue weighted by Gasteiger charge is -2.11. The molecule has 0 atom stereocenters. The van der Waals surface area contributed by atoms with Crippen LogP contribution in [0.2, 0.25) is 0 Å². The maximum absolute atomic E-state index is 11.4. The standard InChI is InChI=1S/C17H12O/c1-2-12-13-7-3-5-9-15(13)17(11-18)16-10-6-4-8-14(12)16/h2-11H,1H2. The normalized spacial score (nSPS) is 10.7. The zero-order valence-electron chi connectivity index (χ0n) is 9.89. The van der Waals surface area contributed by atoms with Crippen LogP contribution in [0.4, 0.5) is 0 Å². The van der Waals surface area contributed by atoms with Gasteiger partial charge < -0.3 is 0 Å². The van der Waals surface area contributed by atoms with Crippen LogP contribution in [-0.4, -0.2) is 6.29 Å². The molecule has 0 unspecified atom stereocenters. The van der Waals surface area contributed by atoms with Gasteiger partial charge in [-0.05, 0) is 27.1 Å². The first-order chi connectivity index (χ1) is 8.86. The molecule has 1 nitrogen and oxygen atoms in total. The molecule has 0 radical (unpaired) electrons. The number of fused-ring (bicyclic) bond motifs is 2. The van der Waals surface area contributed by atoms with Crippen LogP contribution in [0.15, 0.2) is 55.1 Å². The van der Waals surface area contributed by atoms with Crippen molar-refractivity contribution in [1.29, 1.82) is 0 Å². The Hall–Kier alpha value is -2.41. The molecule has 0 bridgehead atoms. The lowest BCUT2D eigenvalue weighted by atomic mass is 9.92. The summed E-state index contributed by atoms with van der Waals surface area (Å²) in [5, 5.41) is 4.13. The van der Waals surface area contributed by atoms with Gasteiger partial charge in [0.1, 0.15) is 0 Å². The van der Waals surface area contributed by atoms with E-state index in [1.807, 2.05) is 54.6 Å². The number of hydrogen-bond acceptors (Lipinski definition) is 1. The molecule has 0 amide bonds. The van der Waals surface area contributed by atoms with Crippen molar-refractivity contribution in [2.24, 2.45) is 0 Å². The molecule has 0 spiro atoms. The molecule has 0 fully saturated rings. The predicted molar refractivity (Wildman–Crippen MR) is 76.9 cm³/mol. The van der Waals surface area contributed by atoms with E-state index in [2.05, 4.69) is 6.58 Å². The average Bonchev–Trinajstić information content (AvgIpc) is 2.44. The Labute approximate surface area is 105 Å². The van der Waals surface area contributed by atoms with Gasteiger partial charge in [0.2, 0.25) is 0 Å². The van der Waals surface area contributed by atoms with Gasteiger partial charge in [0.15, 0.2) is 6.29 Å². The van der Waals surface area contributed by atoms with Crippen molar-refractivity contribution in [3.63, 3.8) is 0 Å². The average molecular weight is 232 g/mol. The highest BCUT2D eigenvalue weighted by Crippen LogP contribution is 2.32. The van der Waals surface area contributed by atoms with Crippen LogP contribution >= 0.6 is 0 Å². The van der Waals surface area contributed by atoms with Gasteiger partial charge in [-0.3, -0.25) is 4.79 Å². The second kappa shape index (κ2) is 4.11. The summed E-state index contributed by atoms with van der Waals surface area (Å²) in [5.74, 6) is 0. The largest absolute Gasteiger partial charge is 0.298 e. The van der Waals surface area contributed by atoms with Crippen molar-refractivity contribution in [1.82, 2.24) is 0 Å². The molecule has 0 saturated heterocycles. The fourth-order valence-electron chi connectivity index (χ4n) is 2.54. The van der Waals surface area contributed by atoms with E-state index in [1.165, 1.54) is 0 Å². The Kier molecular flexibility index (Phi) is 2.45. The fraction of sp³-hybridized carbons (Fsp3) is 0. The maximum atomic E-state index is 11.4. The number of carbonyl (C=O) groups excluding carboxylic acids is 1. The van der Waals surface area contributed by atoms with E-state index >= 15 is 0 Å². The minimum absolute atomic E-state index is 0.756. The summed E-state index contributed by atoms with van der Waals surface area (Å²) in [7, 11) is 0. The molecule has 0 heterocycles. The third-order valence-electron chi connectivity index (χ3n) is 3.34. The molecule has 0 saturated carbocycles. The quantitative estimate of drug-likeness (QED) is 0.471. The van der Waals surface area contributed by atoms with Crippen LogP contribution < -0.4 is 0 Å². The SMILES string of the molecule is C=Cc1c2ccccc2c(C=O)c2ccccc12. The Balaban J connectivity index is 2.70. The first-order valence-corrected chi connectivity index (χ1v) is 5.88. The predicted octanol–water partition coefficient (Wildman–Crippen LogP) is 4.45. The summed E-state index contributed by atoms with van der Waals surface area (Å²) in [6.07, 6.45) is 2.80. The Bertz CT molecular complexity index is 646. The van der Waals surface area contributed by atoms with E-state index in [9.17, 15) is 4.79 Å². The van der Waals surface area contributed by atoms with Crippen molar-refractivity contribution >= 4 is 33.9 Å². The van der Waals surface area contributed by atoms with E-state index in [0.717, 1.165) is 39.0 Å². The summed E-state index contributed by atoms with van der Waals surface area (Å²) in [4.78, 5) is 11.4. The highest BCUT2D eigenvalue weighted by Gasteiger charge is 2.10. The first-order valence-electron chi connectivity index (χ1n) is 5.88. The zero-order chi connectivity index (χ0) is 12.5. The molecule has 3 aromatic carbocycles. The third-order valence-corrected chi connectivity index (χ3v) is 3.34. The third kappa shape index (κ3) is 1.37. The van der Waals surface area contributed by atoms with Crippen molar-refractivity contribution < 1.29 is 4.79 Å². The van der Waals surface area contributed by atoms with Crippen molar-refractivity contribution in [2.45, 2.75) is 0 Å². The number of carbonyl (C=O) groups is 1. The van der Waals surface area contributed by atoms with Crippen LogP contribution in [0.5, 0.6) is 0 Å². The van der Waals surface area contributed by atoms with Gasteiger partial charge >= 0.3 is 0 Å². The van der Waals surface area contributed by atoms with E-state index in [-0.39, 0.29) is 0 Å². The van der Waals surface area contributed by atoms with Gasteiger partial charge in [-0.1, -0.05) is 61.2 Å². The van der Waals surface area contributed by atoms with E-state index in [4.69, 9.17) is 0 Å². The summed E-state index contributed by atoms with van der Waals surface area (Å²) in [6, 6.07) is 15.9. The van der Waals surface area contributed by atoms with Crippen LogP contribution in [0, 0.1) is 0 Å². The molecule has 3 aromatic rings.